The van der Waals surface area contributed by atoms with Crippen molar-refractivity contribution in [1.29, 1.82) is 0 Å². The molecule has 18 heavy (non-hydrogen) atoms. The lowest BCUT2D eigenvalue weighted by atomic mass is 10.2. The molecule has 0 bridgehead atoms. The maximum atomic E-state index is 4.64. The Labute approximate surface area is 115 Å². The SMILES string of the molecule is CSc1ccc(C2(S)N=c3ccccc3=N2)cc1. The number of thiol groups is 1. The van der Waals surface area contributed by atoms with E-state index < -0.39 is 4.99 Å². The van der Waals surface area contributed by atoms with E-state index in [2.05, 4.69) is 41.0 Å². The fourth-order valence-corrected chi connectivity index (χ4v) is 2.73. The Balaban J connectivity index is 2.09. The van der Waals surface area contributed by atoms with Crippen molar-refractivity contribution in [2.75, 3.05) is 6.26 Å². The molecule has 0 saturated heterocycles. The van der Waals surface area contributed by atoms with Crippen molar-refractivity contribution < 1.29 is 0 Å². The highest BCUT2D eigenvalue weighted by molar-refractivity contribution is 7.98. The molecule has 90 valence electrons. The van der Waals surface area contributed by atoms with E-state index in [0.717, 1.165) is 16.3 Å². The van der Waals surface area contributed by atoms with Crippen molar-refractivity contribution in [3.8, 4) is 0 Å². The number of rotatable bonds is 2. The maximum Gasteiger partial charge on any atom is 0.221 e. The summed E-state index contributed by atoms with van der Waals surface area (Å²) in [6.45, 7) is 0. The number of fused-ring (bicyclic) bond motifs is 1. The Hall–Kier alpha value is -1.26. The number of hydrogen-bond donors (Lipinski definition) is 1. The van der Waals surface area contributed by atoms with E-state index in [-0.39, 0.29) is 0 Å². The molecule has 0 saturated carbocycles. The van der Waals surface area contributed by atoms with Crippen LogP contribution in [0.3, 0.4) is 0 Å². The second-order valence-electron chi connectivity index (χ2n) is 4.08. The fourth-order valence-electron chi connectivity index (χ4n) is 1.96. The van der Waals surface area contributed by atoms with Gasteiger partial charge in [-0.25, -0.2) is 9.98 Å². The van der Waals surface area contributed by atoms with Crippen LogP contribution in [0.1, 0.15) is 5.56 Å². The van der Waals surface area contributed by atoms with Crippen LogP contribution >= 0.6 is 24.4 Å². The van der Waals surface area contributed by atoms with Gasteiger partial charge in [-0.05, 0) is 30.5 Å². The summed E-state index contributed by atoms with van der Waals surface area (Å²) in [5, 5.41) is 1.81. The molecule has 1 aliphatic rings. The predicted octanol–water partition coefficient (Wildman–Crippen LogP) is 2.40. The van der Waals surface area contributed by atoms with Gasteiger partial charge in [0.2, 0.25) is 4.99 Å². The lowest BCUT2D eigenvalue weighted by molar-refractivity contribution is 0.701. The van der Waals surface area contributed by atoms with Crippen molar-refractivity contribution in [2.24, 2.45) is 9.98 Å². The normalized spacial score (nSPS) is 15.7. The van der Waals surface area contributed by atoms with Gasteiger partial charge in [-0.15, -0.1) is 24.4 Å². The molecule has 0 aromatic heterocycles. The number of nitrogens with zero attached hydrogens (tertiary/aromatic N) is 2. The summed E-state index contributed by atoms with van der Waals surface area (Å²) in [7, 11) is 0. The minimum atomic E-state index is -0.777. The van der Waals surface area contributed by atoms with Crippen LogP contribution in [0.25, 0.3) is 0 Å². The van der Waals surface area contributed by atoms with Crippen LogP contribution in [-0.4, -0.2) is 6.26 Å². The lowest BCUT2D eigenvalue weighted by Crippen LogP contribution is -2.19. The molecular weight excluding hydrogens is 260 g/mol. The van der Waals surface area contributed by atoms with Crippen LogP contribution < -0.4 is 10.7 Å². The largest absolute Gasteiger partial charge is 0.239 e. The van der Waals surface area contributed by atoms with E-state index in [1.54, 1.807) is 11.8 Å². The Kier molecular flexibility index (Phi) is 2.92. The van der Waals surface area contributed by atoms with E-state index in [9.17, 15) is 0 Å². The van der Waals surface area contributed by atoms with Crippen LogP contribution in [0.5, 0.6) is 0 Å². The molecule has 1 heterocycles. The van der Waals surface area contributed by atoms with Gasteiger partial charge in [0.1, 0.15) is 0 Å². The van der Waals surface area contributed by atoms with Gasteiger partial charge < -0.3 is 0 Å². The van der Waals surface area contributed by atoms with Crippen molar-refractivity contribution in [1.82, 2.24) is 0 Å². The minimum Gasteiger partial charge on any atom is -0.239 e. The van der Waals surface area contributed by atoms with Crippen LogP contribution in [0.15, 0.2) is 63.4 Å². The second kappa shape index (κ2) is 4.44. The molecule has 3 rings (SSSR count). The quantitative estimate of drug-likeness (QED) is 0.659. The number of hydrogen-bond acceptors (Lipinski definition) is 4. The molecule has 2 nitrogen and oxygen atoms in total. The molecule has 0 unspecified atom stereocenters. The van der Waals surface area contributed by atoms with E-state index in [0.29, 0.717) is 0 Å². The van der Waals surface area contributed by atoms with Crippen molar-refractivity contribution in [2.45, 2.75) is 9.89 Å². The highest BCUT2D eigenvalue weighted by Gasteiger charge is 2.28. The van der Waals surface area contributed by atoms with Gasteiger partial charge >= 0.3 is 0 Å². The molecule has 2 aromatic carbocycles. The first-order valence-electron chi connectivity index (χ1n) is 5.63. The van der Waals surface area contributed by atoms with Crippen molar-refractivity contribution in [3.05, 3.63) is 64.8 Å². The van der Waals surface area contributed by atoms with Crippen LogP contribution in [0.2, 0.25) is 0 Å². The van der Waals surface area contributed by atoms with Gasteiger partial charge in [-0.3, -0.25) is 0 Å². The molecule has 2 aromatic rings. The van der Waals surface area contributed by atoms with E-state index in [1.807, 2.05) is 36.4 Å². The molecule has 0 amide bonds. The molecule has 0 radical (unpaired) electrons. The lowest BCUT2D eigenvalue weighted by Gasteiger charge is -2.16. The van der Waals surface area contributed by atoms with Crippen LogP contribution in [0, 0.1) is 0 Å². The summed E-state index contributed by atoms with van der Waals surface area (Å²) >= 11 is 6.36. The highest BCUT2D eigenvalue weighted by atomic mass is 32.2. The van der Waals surface area contributed by atoms with E-state index in [4.69, 9.17) is 0 Å². The zero-order valence-electron chi connectivity index (χ0n) is 9.87. The van der Waals surface area contributed by atoms with E-state index >= 15 is 0 Å². The molecule has 0 atom stereocenters. The van der Waals surface area contributed by atoms with E-state index in [1.165, 1.54) is 4.90 Å². The summed E-state index contributed by atoms with van der Waals surface area (Å²) in [5.74, 6) is 0. The molecule has 0 N–H and O–H groups in total. The Morgan fingerprint density at radius 1 is 0.944 bits per heavy atom. The van der Waals surface area contributed by atoms with Gasteiger partial charge in [0.05, 0.1) is 10.7 Å². The van der Waals surface area contributed by atoms with Crippen molar-refractivity contribution in [3.63, 3.8) is 0 Å². The van der Waals surface area contributed by atoms with Crippen molar-refractivity contribution >= 4 is 24.4 Å². The number of benzene rings is 2. The summed E-state index contributed by atoms with van der Waals surface area (Å²) < 4.78 is 0. The Bertz CT molecular complexity index is 657. The first-order valence-corrected chi connectivity index (χ1v) is 7.30. The summed E-state index contributed by atoms with van der Waals surface area (Å²) in [4.78, 5) is 9.65. The smallest absolute Gasteiger partial charge is 0.221 e. The third-order valence-electron chi connectivity index (χ3n) is 2.91. The average Bonchev–Trinajstić information content (AvgIpc) is 2.76. The predicted molar refractivity (Wildman–Crippen MR) is 77.6 cm³/mol. The molecule has 0 aliphatic carbocycles. The van der Waals surface area contributed by atoms with Gasteiger partial charge in [-0.1, -0.05) is 24.3 Å². The Morgan fingerprint density at radius 2 is 1.50 bits per heavy atom. The second-order valence-corrected chi connectivity index (χ2v) is 5.58. The standard InChI is InChI=1S/C14H12N2S2/c1-18-11-8-6-10(7-9-11)14(17)15-12-4-2-3-5-13(12)16-14/h2-9,17H,1H3. The first-order chi connectivity index (χ1) is 8.71. The monoisotopic (exact) mass is 272 g/mol. The van der Waals surface area contributed by atoms with Gasteiger partial charge in [-0.2, -0.15) is 0 Å². The fraction of sp³-hybridized carbons (Fsp3) is 0.143. The van der Waals surface area contributed by atoms with Crippen LogP contribution in [-0.2, 0) is 4.99 Å². The molecule has 0 fully saturated rings. The molecule has 0 spiro atoms. The molecule has 1 aliphatic heterocycles. The summed E-state index contributed by atoms with van der Waals surface area (Å²) in [6, 6.07) is 16.1. The molecular formula is C14H12N2S2. The number of thioether (sulfide) groups is 1. The zero-order valence-corrected chi connectivity index (χ0v) is 11.6. The van der Waals surface area contributed by atoms with Crippen LogP contribution in [0.4, 0.5) is 0 Å². The topological polar surface area (TPSA) is 24.7 Å². The summed E-state index contributed by atoms with van der Waals surface area (Å²) in [6.07, 6.45) is 2.06. The number of para-hydroxylation sites is 2. The third kappa shape index (κ3) is 1.95. The van der Waals surface area contributed by atoms with Gasteiger partial charge in [0.25, 0.3) is 0 Å². The minimum absolute atomic E-state index is 0.777. The first kappa shape index (κ1) is 11.8. The van der Waals surface area contributed by atoms with Gasteiger partial charge in [0.15, 0.2) is 0 Å². The Morgan fingerprint density at radius 3 is 2.00 bits per heavy atom. The average molecular weight is 272 g/mol. The van der Waals surface area contributed by atoms with Gasteiger partial charge in [0, 0.05) is 10.5 Å². The third-order valence-corrected chi connectivity index (χ3v) is 4.11. The zero-order chi connectivity index (χ0) is 12.6. The summed E-state index contributed by atoms with van der Waals surface area (Å²) in [5.41, 5.74) is 1.000. The maximum absolute atomic E-state index is 4.64. The highest BCUT2D eigenvalue weighted by Crippen LogP contribution is 2.33. The molecule has 4 heteroatoms.